The van der Waals surface area contributed by atoms with Crippen LogP contribution in [-0.2, 0) is 16.0 Å². The Morgan fingerprint density at radius 3 is 2.87 bits per heavy atom. The molecular weight excluding hydrogens is 511 g/mol. The van der Waals surface area contributed by atoms with E-state index in [1.807, 2.05) is 18.2 Å². The van der Waals surface area contributed by atoms with Crippen molar-refractivity contribution >= 4 is 41.3 Å². The second-order valence-corrected chi connectivity index (χ2v) is 8.26. The van der Waals surface area contributed by atoms with Crippen LogP contribution in [0.2, 0.25) is 0 Å². The van der Waals surface area contributed by atoms with Crippen LogP contribution in [0.5, 0.6) is 0 Å². The van der Waals surface area contributed by atoms with Crippen LogP contribution >= 0.6 is 35.3 Å². The molecule has 2 heterocycles. The fourth-order valence-corrected chi connectivity index (χ4v) is 4.11. The average molecular weight is 545 g/mol. The molecule has 0 radical (unpaired) electrons. The summed E-state index contributed by atoms with van der Waals surface area (Å²) in [5.74, 6) is 1.41. The van der Waals surface area contributed by atoms with Gasteiger partial charge in [0.1, 0.15) is 5.01 Å². The molecule has 1 aromatic heterocycles. The Morgan fingerprint density at radius 1 is 1.30 bits per heavy atom. The van der Waals surface area contributed by atoms with Gasteiger partial charge in [0.15, 0.2) is 5.96 Å². The number of thiazole rings is 1. The van der Waals surface area contributed by atoms with Crippen molar-refractivity contribution in [3.05, 3.63) is 40.9 Å². The number of hydrogen-bond acceptors (Lipinski definition) is 5. The van der Waals surface area contributed by atoms with E-state index in [1.165, 1.54) is 4.88 Å². The number of hydrogen-bond donors (Lipinski definition) is 2. The summed E-state index contributed by atoms with van der Waals surface area (Å²) in [7, 11) is 0. The van der Waals surface area contributed by atoms with Crippen LogP contribution in [0, 0.1) is 12.8 Å². The van der Waals surface area contributed by atoms with Crippen molar-refractivity contribution in [1.82, 2.24) is 15.6 Å². The molecule has 0 aliphatic carbocycles. The van der Waals surface area contributed by atoms with Gasteiger partial charge < -0.3 is 20.1 Å². The van der Waals surface area contributed by atoms with E-state index in [9.17, 15) is 0 Å². The van der Waals surface area contributed by atoms with Crippen molar-refractivity contribution < 1.29 is 9.47 Å². The largest absolute Gasteiger partial charge is 0.381 e. The first-order chi connectivity index (χ1) is 14.3. The summed E-state index contributed by atoms with van der Waals surface area (Å²) in [5, 5.41) is 7.76. The maximum absolute atomic E-state index is 5.76. The number of ether oxygens (including phenoxy) is 2. The minimum Gasteiger partial charge on any atom is -0.381 e. The molecule has 1 saturated heterocycles. The summed E-state index contributed by atoms with van der Waals surface area (Å²) < 4.78 is 11.1. The van der Waals surface area contributed by atoms with Gasteiger partial charge in [-0.1, -0.05) is 30.3 Å². The third-order valence-corrected chi connectivity index (χ3v) is 5.97. The topological polar surface area (TPSA) is 67.8 Å². The van der Waals surface area contributed by atoms with Crippen LogP contribution in [-0.4, -0.2) is 50.5 Å². The summed E-state index contributed by atoms with van der Waals surface area (Å²) in [6.45, 7) is 9.73. The number of aliphatic imine (C=N–C) groups is 1. The second-order valence-electron chi connectivity index (χ2n) is 7.17. The predicted octanol–water partition coefficient (Wildman–Crippen LogP) is 4.23. The van der Waals surface area contributed by atoms with Crippen molar-refractivity contribution in [2.24, 2.45) is 10.9 Å². The van der Waals surface area contributed by atoms with E-state index < -0.39 is 0 Å². The van der Waals surface area contributed by atoms with Crippen molar-refractivity contribution in [3.63, 3.8) is 0 Å². The van der Waals surface area contributed by atoms with Gasteiger partial charge in [0.2, 0.25) is 0 Å². The number of rotatable bonds is 10. The monoisotopic (exact) mass is 544 g/mol. The molecule has 8 heteroatoms. The van der Waals surface area contributed by atoms with Crippen LogP contribution in [0.3, 0.4) is 0 Å². The van der Waals surface area contributed by atoms with Crippen LogP contribution in [0.15, 0.2) is 35.3 Å². The zero-order valence-electron chi connectivity index (χ0n) is 17.9. The average Bonchev–Trinajstić information content (AvgIpc) is 3.39. The van der Waals surface area contributed by atoms with E-state index in [0.717, 1.165) is 74.6 Å². The molecule has 2 aromatic rings. The molecule has 166 valence electrons. The first kappa shape index (κ1) is 25.0. The number of benzene rings is 1. The Kier molecular flexibility index (Phi) is 11.6. The van der Waals surface area contributed by atoms with E-state index >= 15 is 0 Å². The molecule has 1 aromatic carbocycles. The minimum absolute atomic E-state index is 0. The van der Waals surface area contributed by atoms with Gasteiger partial charge in [0.25, 0.3) is 0 Å². The fourth-order valence-electron chi connectivity index (χ4n) is 3.12. The predicted molar refractivity (Wildman–Crippen MR) is 135 cm³/mol. The highest BCUT2D eigenvalue weighted by Crippen LogP contribution is 2.28. The van der Waals surface area contributed by atoms with Crippen molar-refractivity contribution in [1.29, 1.82) is 0 Å². The maximum Gasteiger partial charge on any atom is 0.191 e. The smallest absolute Gasteiger partial charge is 0.191 e. The summed E-state index contributed by atoms with van der Waals surface area (Å²) >= 11 is 1.72. The molecule has 0 spiro atoms. The summed E-state index contributed by atoms with van der Waals surface area (Å²) in [6, 6.07) is 10.3. The molecule has 1 unspecified atom stereocenters. The Bertz CT molecular complexity index is 764. The van der Waals surface area contributed by atoms with Gasteiger partial charge in [-0.05, 0) is 26.7 Å². The first-order valence-corrected chi connectivity index (χ1v) is 11.3. The number of nitrogens with one attached hydrogen (secondary N) is 2. The molecule has 1 aliphatic heterocycles. The molecule has 6 nitrogen and oxygen atoms in total. The SMILES string of the molecule is CCNC(=NCc1sc(-c2ccccc2)nc1C)NCCCOCC1CCOC1.I. The Balaban J connectivity index is 0.00000320. The lowest BCUT2D eigenvalue weighted by Gasteiger charge is -2.12. The van der Waals surface area contributed by atoms with Crippen molar-refractivity contribution in [2.75, 3.05) is 39.5 Å². The van der Waals surface area contributed by atoms with Crippen molar-refractivity contribution in [3.8, 4) is 10.6 Å². The normalized spacial score (nSPS) is 16.3. The molecule has 1 aliphatic rings. The number of guanidine groups is 1. The molecule has 0 saturated carbocycles. The van der Waals surface area contributed by atoms with Gasteiger partial charge >= 0.3 is 0 Å². The second kappa shape index (κ2) is 14.0. The molecule has 30 heavy (non-hydrogen) atoms. The number of nitrogens with zero attached hydrogens (tertiary/aromatic N) is 2. The number of aryl methyl sites for hydroxylation is 1. The van der Waals surface area contributed by atoms with Crippen LogP contribution in [0.1, 0.15) is 30.3 Å². The highest BCUT2D eigenvalue weighted by Gasteiger charge is 2.15. The fraction of sp³-hybridized carbons (Fsp3) is 0.545. The third kappa shape index (κ3) is 8.13. The van der Waals surface area contributed by atoms with E-state index in [4.69, 9.17) is 19.5 Å². The van der Waals surface area contributed by atoms with Gasteiger partial charge in [0, 0.05) is 42.7 Å². The molecule has 0 bridgehead atoms. The molecule has 2 N–H and O–H groups in total. The quantitative estimate of drug-likeness (QED) is 0.203. The maximum atomic E-state index is 5.76. The minimum atomic E-state index is 0. The van der Waals surface area contributed by atoms with Crippen LogP contribution < -0.4 is 10.6 Å². The van der Waals surface area contributed by atoms with Crippen molar-refractivity contribution in [2.45, 2.75) is 33.2 Å². The third-order valence-electron chi connectivity index (χ3n) is 4.77. The zero-order valence-corrected chi connectivity index (χ0v) is 21.0. The van der Waals surface area contributed by atoms with Gasteiger partial charge in [0.05, 0.1) is 25.5 Å². The highest BCUT2D eigenvalue weighted by molar-refractivity contribution is 14.0. The molecule has 3 rings (SSSR count). The Morgan fingerprint density at radius 2 is 2.13 bits per heavy atom. The van der Waals surface area contributed by atoms with E-state index in [-0.39, 0.29) is 24.0 Å². The van der Waals surface area contributed by atoms with Gasteiger partial charge in [-0.2, -0.15) is 0 Å². The lowest BCUT2D eigenvalue weighted by atomic mass is 10.1. The summed E-state index contributed by atoms with van der Waals surface area (Å²) in [6.07, 6.45) is 2.08. The molecular formula is C22H33IN4O2S. The zero-order chi connectivity index (χ0) is 20.3. The lowest BCUT2D eigenvalue weighted by molar-refractivity contribution is 0.0888. The Hall–Kier alpha value is -1.23. The van der Waals surface area contributed by atoms with Crippen LogP contribution in [0.4, 0.5) is 0 Å². The number of aromatic nitrogens is 1. The highest BCUT2D eigenvalue weighted by atomic mass is 127. The summed E-state index contributed by atoms with van der Waals surface area (Å²) in [4.78, 5) is 10.7. The number of halogens is 1. The Labute approximate surface area is 200 Å². The van der Waals surface area contributed by atoms with E-state index in [2.05, 4.69) is 36.6 Å². The molecule has 1 fully saturated rings. The standard InChI is InChI=1S/C22H32N4O2S.HI/c1-3-23-22(24-11-7-12-27-15-18-10-13-28-16-18)25-14-20-17(2)26-21(29-20)19-8-5-4-6-9-19;/h4-6,8-9,18H,3,7,10-16H2,1-2H3,(H2,23,24,25);1H. The first-order valence-electron chi connectivity index (χ1n) is 10.5. The molecule has 0 amide bonds. The van der Waals surface area contributed by atoms with E-state index in [1.54, 1.807) is 11.3 Å². The van der Waals surface area contributed by atoms with Gasteiger partial charge in [-0.3, -0.25) is 0 Å². The lowest BCUT2D eigenvalue weighted by Crippen LogP contribution is -2.38. The van der Waals surface area contributed by atoms with Gasteiger partial charge in [-0.25, -0.2) is 9.98 Å². The van der Waals surface area contributed by atoms with E-state index in [0.29, 0.717) is 12.5 Å². The summed E-state index contributed by atoms with van der Waals surface area (Å²) in [5.41, 5.74) is 2.21. The van der Waals surface area contributed by atoms with Crippen LogP contribution in [0.25, 0.3) is 10.6 Å². The van der Waals surface area contributed by atoms with Gasteiger partial charge in [-0.15, -0.1) is 35.3 Å². The molecule has 1 atom stereocenters.